The van der Waals surface area contributed by atoms with Crippen LogP contribution in [-0.2, 0) is 11.2 Å². The summed E-state index contributed by atoms with van der Waals surface area (Å²) < 4.78 is 5.34. The van der Waals surface area contributed by atoms with Crippen LogP contribution in [0.15, 0.2) is 18.5 Å². The van der Waals surface area contributed by atoms with Gasteiger partial charge in [-0.05, 0) is 49.9 Å². The maximum atomic E-state index is 5.34. The number of ether oxygens (including phenoxy) is 1. The molecule has 1 aromatic rings. The van der Waals surface area contributed by atoms with Crippen molar-refractivity contribution in [2.45, 2.75) is 32.2 Å². The molecular formula is C13H20N2O. The normalized spacial score (nSPS) is 17.6. The third-order valence-electron chi connectivity index (χ3n) is 3.19. The Hall–Kier alpha value is -0.930. The summed E-state index contributed by atoms with van der Waals surface area (Å²) in [5, 5.41) is 3.60. The molecule has 0 spiro atoms. The predicted octanol–water partition coefficient (Wildman–Crippen LogP) is 1.70. The largest absolute Gasteiger partial charge is 0.381 e. The standard InChI is InChI=1S/C13H20N2O/c1-11-10-14-6-2-12(11)3-7-15-13-4-8-16-9-5-13/h2,6,10,13,15H,3-5,7-9H2,1H3. The van der Waals surface area contributed by atoms with Crippen LogP contribution < -0.4 is 5.32 Å². The van der Waals surface area contributed by atoms with Crippen LogP contribution in [0.5, 0.6) is 0 Å². The summed E-state index contributed by atoms with van der Waals surface area (Å²) in [6, 6.07) is 2.76. The molecule has 2 rings (SSSR count). The van der Waals surface area contributed by atoms with Gasteiger partial charge in [-0.15, -0.1) is 0 Å². The lowest BCUT2D eigenvalue weighted by molar-refractivity contribution is 0.0782. The van der Waals surface area contributed by atoms with Crippen LogP contribution in [0.1, 0.15) is 24.0 Å². The molecule has 0 saturated carbocycles. The van der Waals surface area contributed by atoms with Crippen molar-refractivity contribution in [3.8, 4) is 0 Å². The summed E-state index contributed by atoms with van der Waals surface area (Å²) in [5.41, 5.74) is 2.69. The lowest BCUT2D eigenvalue weighted by Gasteiger charge is -2.23. The number of nitrogens with zero attached hydrogens (tertiary/aromatic N) is 1. The maximum Gasteiger partial charge on any atom is 0.0480 e. The zero-order valence-electron chi connectivity index (χ0n) is 9.91. The molecule has 0 aromatic carbocycles. The minimum Gasteiger partial charge on any atom is -0.381 e. The minimum absolute atomic E-state index is 0.649. The van der Waals surface area contributed by atoms with Gasteiger partial charge in [-0.25, -0.2) is 0 Å². The monoisotopic (exact) mass is 220 g/mol. The maximum absolute atomic E-state index is 5.34. The molecule has 1 aliphatic heterocycles. The van der Waals surface area contributed by atoms with Crippen molar-refractivity contribution in [2.24, 2.45) is 0 Å². The van der Waals surface area contributed by atoms with Gasteiger partial charge >= 0.3 is 0 Å². The Kier molecular flexibility index (Phi) is 4.31. The Morgan fingerprint density at radius 3 is 3.00 bits per heavy atom. The second-order valence-electron chi connectivity index (χ2n) is 4.39. The molecule has 16 heavy (non-hydrogen) atoms. The first-order valence-corrected chi connectivity index (χ1v) is 6.07. The number of rotatable bonds is 4. The molecule has 0 bridgehead atoms. The van der Waals surface area contributed by atoms with Gasteiger partial charge in [0.2, 0.25) is 0 Å². The van der Waals surface area contributed by atoms with Gasteiger partial charge in [0.25, 0.3) is 0 Å². The third kappa shape index (κ3) is 3.29. The highest BCUT2D eigenvalue weighted by atomic mass is 16.5. The summed E-state index contributed by atoms with van der Waals surface area (Å²) in [5.74, 6) is 0. The summed E-state index contributed by atoms with van der Waals surface area (Å²) in [7, 11) is 0. The zero-order chi connectivity index (χ0) is 11.2. The molecule has 1 aliphatic rings. The number of hydrogen-bond acceptors (Lipinski definition) is 3. The fourth-order valence-corrected chi connectivity index (χ4v) is 2.10. The van der Waals surface area contributed by atoms with Crippen molar-refractivity contribution in [3.05, 3.63) is 29.6 Å². The number of hydrogen-bond donors (Lipinski definition) is 1. The lowest BCUT2D eigenvalue weighted by Crippen LogP contribution is -2.35. The van der Waals surface area contributed by atoms with Crippen LogP contribution in [0.25, 0.3) is 0 Å². The van der Waals surface area contributed by atoms with Gasteiger partial charge in [-0.1, -0.05) is 0 Å². The molecule has 3 nitrogen and oxygen atoms in total. The van der Waals surface area contributed by atoms with Gasteiger partial charge in [0.1, 0.15) is 0 Å². The van der Waals surface area contributed by atoms with E-state index in [0.29, 0.717) is 6.04 Å². The average Bonchev–Trinajstić information content (AvgIpc) is 2.33. The molecule has 1 aromatic heterocycles. The van der Waals surface area contributed by atoms with Crippen LogP contribution in [0.4, 0.5) is 0 Å². The van der Waals surface area contributed by atoms with Gasteiger partial charge in [0.15, 0.2) is 0 Å². The molecule has 88 valence electrons. The first-order chi connectivity index (χ1) is 7.86. The van der Waals surface area contributed by atoms with Gasteiger partial charge in [0.05, 0.1) is 0 Å². The third-order valence-corrected chi connectivity index (χ3v) is 3.19. The van der Waals surface area contributed by atoms with Crippen LogP contribution in [0.3, 0.4) is 0 Å². The van der Waals surface area contributed by atoms with E-state index in [-0.39, 0.29) is 0 Å². The van der Waals surface area contributed by atoms with Crippen molar-refractivity contribution >= 4 is 0 Å². The molecule has 1 fully saturated rings. The smallest absolute Gasteiger partial charge is 0.0480 e. The molecule has 2 heterocycles. The Labute approximate surface area is 97.2 Å². The van der Waals surface area contributed by atoms with Gasteiger partial charge in [-0.2, -0.15) is 0 Å². The highest BCUT2D eigenvalue weighted by molar-refractivity contribution is 5.21. The molecule has 1 saturated heterocycles. The van der Waals surface area contributed by atoms with E-state index in [9.17, 15) is 0 Å². The Balaban J connectivity index is 1.73. The van der Waals surface area contributed by atoms with Gasteiger partial charge < -0.3 is 10.1 Å². The Morgan fingerprint density at radius 1 is 1.44 bits per heavy atom. The summed E-state index contributed by atoms with van der Waals surface area (Å²) >= 11 is 0. The van der Waals surface area contributed by atoms with Crippen molar-refractivity contribution in [1.29, 1.82) is 0 Å². The van der Waals surface area contributed by atoms with Gasteiger partial charge in [0, 0.05) is 31.6 Å². The van der Waals surface area contributed by atoms with E-state index in [2.05, 4.69) is 23.3 Å². The van der Waals surface area contributed by atoms with E-state index in [0.717, 1.165) is 39.0 Å². The fourth-order valence-electron chi connectivity index (χ4n) is 2.10. The Morgan fingerprint density at radius 2 is 2.25 bits per heavy atom. The van der Waals surface area contributed by atoms with E-state index in [1.54, 1.807) is 0 Å². The summed E-state index contributed by atoms with van der Waals surface area (Å²) in [6.45, 7) is 4.99. The zero-order valence-corrected chi connectivity index (χ0v) is 9.91. The van der Waals surface area contributed by atoms with Crippen LogP contribution in [0, 0.1) is 6.92 Å². The highest BCUT2D eigenvalue weighted by Gasteiger charge is 2.12. The first kappa shape index (κ1) is 11.6. The first-order valence-electron chi connectivity index (χ1n) is 6.07. The number of aryl methyl sites for hydroxylation is 1. The molecule has 0 radical (unpaired) electrons. The molecule has 0 aliphatic carbocycles. The van der Waals surface area contributed by atoms with E-state index in [1.165, 1.54) is 11.1 Å². The summed E-state index contributed by atoms with van der Waals surface area (Å²) in [6.07, 6.45) is 7.19. The predicted molar refractivity (Wildman–Crippen MR) is 64.5 cm³/mol. The second kappa shape index (κ2) is 5.97. The Bertz CT molecular complexity index is 321. The van der Waals surface area contributed by atoms with E-state index >= 15 is 0 Å². The SMILES string of the molecule is Cc1cnccc1CCNC1CCOCC1. The van der Waals surface area contributed by atoms with Crippen molar-refractivity contribution in [2.75, 3.05) is 19.8 Å². The lowest BCUT2D eigenvalue weighted by atomic mass is 10.1. The van der Waals surface area contributed by atoms with Crippen LogP contribution in [0.2, 0.25) is 0 Å². The number of nitrogens with one attached hydrogen (secondary N) is 1. The molecule has 0 unspecified atom stereocenters. The molecule has 0 amide bonds. The second-order valence-corrected chi connectivity index (χ2v) is 4.39. The topological polar surface area (TPSA) is 34.2 Å². The molecular weight excluding hydrogens is 200 g/mol. The van der Waals surface area contributed by atoms with E-state index < -0.39 is 0 Å². The molecule has 1 N–H and O–H groups in total. The number of pyridine rings is 1. The van der Waals surface area contributed by atoms with E-state index in [1.807, 2.05) is 12.4 Å². The number of aromatic nitrogens is 1. The highest BCUT2D eigenvalue weighted by Crippen LogP contribution is 2.08. The average molecular weight is 220 g/mol. The quantitative estimate of drug-likeness (QED) is 0.838. The van der Waals surface area contributed by atoms with E-state index in [4.69, 9.17) is 4.74 Å². The van der Waals surface area contributed by atoms with Gasteiger partial charge in [-0.3, -0.25) is 4.98 Å². The molecule has 0 atom stereocenters. The fraction of sp³-hybridized carbons (Fsp3) is 0.615. The van der Waals surface area contributed by atoms with Crippen molar-refractivity contribution in [3.63, 3.8) is 0 Å². The van der Waals surface area contributed by atoms with Crippen LogP contribution >= 0.6 is 0 Å². The van der Waals surface area contributed by atoms with Crippen LogP contribution in [-0.4, -0.2) is 30.8 Å². The summed E-state index contributed by atoms with van der Waals surface area (Å²) in [4.78, 5) is 4.11. The van der Waals surface area contributed by atoms with Crippen molar-refractivity contribution in [1.82, 2.24) is 10.3 Å². The minimum atomic E-state index is 0.649. The van der Waals surface area contributed by atoms with Crippen molar-refractivity contribution < 1.29 is 4.74 Å². The molecule has 3 heteroatoms.